The molecular weight excluding hydrogens is 357 g/mol. The van der Waals surface area contributed by atoms with Crippen LogP contribution in [0, 0.1) is 12.8 Å². The van der Waals surface area contributed by atoms with Crippen molar-refractivity contribution in [3.05, 3.63) is 47.3 Å². The van der Waals surface area contributed by atoms with E-state index in [9.17, 15) is 18.0 Å². The summed E-state index contributed by atoms with van der Waals surface area (Å²) in [4.78, 5) is 13.9. The first kappa shape index (κ1) is 21.0. The van der Waals surface area contributed by atoms with Crippen LogP contribution in [0.3, 0.4) is 0 Å². The van der Waals surface area contributed by atoms with E-state index in [1.54, 1.807) is 12.1 Å². The van der Waals surface area contributed by atoms with Gasteiger partial charge in [0.15, 0.2) is 5.69 Å². The van der Waals surface area contributed by atoms with Gasteiger partial charge in [0.1, 0.15) is 0 Å². The van der Waals surface area contributed by atoms with E-state index < -0.39 is 23.3 Å². The van der Waals surface area contributed by atoms with Gasteiger partial charge >= 0.3 is 6.18 Å². The number of nitrogens with two attached hydrogens (primary N) is 1. The normalized spacial score (nSPS) is 13.1. The Morgan fingerprint density at radius 1 is 1.26 bits per heavy atom. The van der Waals surface area contributed by atoms with Crippen LogP contribution in [0.1, 0.15) is 41.9 Å². The van der Waals surface area contributed by atoms with Crippen LogP contribution >= 0.6 is 0 Å². The molecule has 0 aliphatic rings. The molecule has 0 aliphatic carbocycles. The van der Waals surface area contributed by atoms with Gasteiger partial charge in [-0.05, 0) is 31.4 Å². The number of carbonyl (C=O) groups excluding carboxylic acids is 1. The van der Waals surface area contributed by atoms with Crippen molar-refractivity contribution in [3.8, 4) is 5.69 Å². The SMILES string of the molecule is Cc1ccc(-n2ncc(C(=O)N(C)CCC(N)C(C)C)c2C(F)(F)F)cc1. The number of alkyl halides is 3. The number of halogens is 3. The zero-order chi connectivity index (χ0) is 20.4. The molecule has 5 nitrogen and oxygen atoms in total. The predicted molar refractivity (Wildman–Crippen MR) is 97.7 cm³/mol. The lowest BCUT2D eigenvalue weighted by Gasteiger charge is -2.22. The third-order valence-electron chi connectivity index (χ3n) is 4.55. The highest BCUT2D eigenvalue weighted by Crippen LogP contribution is 2.34. The highest BCUT2D eigenvalue weighted by atomic mass is 19.4. The van der Waals surface area contributed by atoms with Gasteiger partial charge in [0.2, 0.25) is 0 Å². The molecule has 2 N–H and O–H groups in total. The summed E-state index contributed by atoms with van der Waals surface area (Å²) in [6.45, 7) is 6.02. The fourth-order valence-electron chi connectivity index (χ4n) is 2.64. The maximum atomic E-state index is 13.7. The summed E-state index contributed by atoms with van der Waals surface area (Å²) in [6.07, 6.45) is -3.24. The summed E-state index contributed by atoms with van der Waals surface area (Å²) in [7, 11) is 1.47. The highest BCUT2D eigenvalue weighted by Gasteiger charge is 2.41. The van der Waals surface area contributed by atoms with Crippen LogP contribution in [-0.4, -0.2) is 40.2 Å². The Kier molecular flexibility index (Phi) is 6.30. The molecule has 148 valence electrons. The molecule has 2 rings (SSSR count). The summed E-state index contributed by atoms with van der Waals surface area (Å²) in [5.41, 5.74) is 5.58. The van der Waals surface area contributed by atoms with E-state index in [2.05, 4.69) is 5.10 Å². The van der Waals surface area contributed by atoms with Crippen LogP contribution < -0.4 is 5.73 Å². The van der Waals surface area contributed by atoms with Crippen LogP contribution in [0.2, 0.25) is 0 Å². The minimum Gasteiger partial charge on any atom is -0.342 e. The van der Waals surface area contributed by atoms with E-state index in [-0.39, 0.29) is 24.2 Å². The summed E-state index contributed by atoms with van der Waals surface area (Å²) >= 11 is 0. The standard InChI is InChI=1S/C19H25F3N4O/c1-12(2)16(23)9-10-25(4)18(27)15-11-24-26(17(15)19(20,21)22)14-7-5-13(3)6-8-14/h5-8,11-12,16H,9-10,23H2,1-4H3. The van der Waals surface area contributed by atoms with Gasteiger partial charge in [0.25, 0.3) is 5.91 Å². The van der Waals surface area contributed by atoms with Gasteiger partial charge < -0.3 is 10.6 Å². The van der Waals surface area contributed by atoms with Crippen molar-refractivity contribution in [2.24, 2.45) is 11.7 Å². The van der Waals surface area contributed by atoms with E-state index in [0.29, 0.717) is 6.42 Å². The molecule has 1 aromatic carbocycles. The van der Waals surface area contributed by atoms with Gasteiger partial charge in [0.05, 0.1) is 17.4 Å². The maximum absolute atomic E-state index is 13.7. The Morgan fingerprint density at radius 2 is 1.85 bits per heavy atom. The minimum absolute atomic E-state index is 0.127. The van der Waals surface area contributed by atoms with Gasteiger partial charge in [0, 0.05) is 19.6 Å². The summed E-state index contributed by atoms with van der Waals surface area (Å²) in [5.74, 6) is -0.500. The quantitative estimate of drug-likeness (QED) is 0.830. The number of hydrogen-bond acceptors (Lipinski definition) is 3. The second-order valence-electron chi connectivity index (χ2n) is 7.08. The van der Waals surface area contributed by atoms with Crippen LogP contribution in [0.25, 0.3) is 5.69 Å². The Labute approximate surface area is 157 Å². The Morgan fingerprint density at radius 3 is 2.37 bits per heavy atom. The number of rotatable bonds is 6. The minimum atomic E-state index is -4.72. The molecule has 0 aliphatic heterocycles. The molecule has 2 aromatic rings. The number of amides is 1. The molecule has 0 spiro atoms. The molecule has 0 radical (unpaired) electrons. The molecule has 0 bridgehead atoms. The summed E-state index contributed by atoms with van der Waals surface area (Å²) in [6, 6.07) is 6.34. The third kappa shape index (κ3) is 4.88. The summed E-state index contributed by atoms with van der Waals surface area (Å²) < 4.78 is 41.9. The Bertz CT molecular complexity index is 781. The van der Waals surface area contributed by atoms with Gasteiger partial charge in [-0.25, -0.2) is 4.68 Å². The van der Waals surface area contributed by atoms with Crippen molar-refractivity contribution >= 4 is 5.91 Å². The first-order valence-electron chi connectivity index (χ1n) is 8.75. The Hall–Kier alpha value is -2.35. The van der Waals surface area contributed by atoms with Crippen LogP contribution in [0.4, 0.5) is 13.2 Å². The van der Waals surface area contributed by atoms with Gasteiger partial charge in [-0.15, -0.1) is 0 Å². The van der Waals surface area contributed by atoms with Gasteiger partial charge in [-0.2, -0.15) is 18.3 Å². The molecule has 1 heterocycles. The van der Waals surface area contributed by atoms with Gasteiger partial charge in [-0.3, -0.25) is 4.79 Å². The molecular formula is C19H25F3N4O. The smallest absolute Gasteiger partial charge is 0.342 e. The van der Waals surface area contributed by atoms with Crippen molar-refractivity contribution < 1.29 is 18.0 Å². The average molecular weight is 382 g/mol. The predicted octanol–water partition coefficient (Wildman–Crippen LogP) is 3.64. The molecule has 0 saturated carbocycles. The van der Waals surface area contributed by atoms with Crippen molar-refractivity contribution in [2.75, 3.05) is 13.6 Å². The average Bonchev–Trinajstić information content (AvgIpc) is 3.04. The zero-order valence-corrected chi connectivity index (χ0v) is 15.9. The van der Waals surface area contributed by atoms with Crippen LogP contribution in [0.15, 0.2) is 30.5 Å². The first-order valence-corrected chi connectivity index (χ1v) is 8.75. The molecule has 1 unspecified atom stereocenters. The lowest BCUT2D eigenvalue weighted by atomic mass is 10.0. The number of nitrogens with zero attached hydrogens (tertiary/aromatic N) is 3. The molecule has 0 fully saturated rings. The topological polar surface area (TPSA) is 64.2 Å². The number of carbonyl (C=O) groups is 1. The van der Waals surface area contributed by atoms with E-state index in [1.807, 2.05) is 20.8 Å². The molecule has 1 aromatic heterocycles. The molecule has 1 amide bonds. The van der Waals surface area contributed by atoms with Crippen molar-refractivity contribution in [2.45, 2.75) is 39.4 Å². The number of benzene rings is 1. The first-order chi connectivity index (χ1) is 12.5. The molecule has 27 heavy (non-hydrogen) atoms. The van der Waals surface area contributed by atoms with Gasteiger partial charge in [-0.1, -0.05) is 31.5 Å². The van der Waals surface area contributed by atoms with Crippen molar-refractivity contribution in [1.82, 2.24) is 14.7 Å². The lowest BCUT2D eigenvalue weighted by Crippen LogP contribution is -2.35. The monoisotopic (exact) mass is 382 g/mol. The van der Waals surface area contributed by atoms with Crippen LogP contribution in [-0.2, 0) is 6.18 Å². The molecule has 1 atom stereocenters. The Balaban J connectivity index is 2.34. The number of aromatic nitrogens is 2. The highest BCUT2D eigenvalue weighted by molar-refractivity contribution is 5.95. The lowest BCUT2D eigenvalue weighted by molar-refractivity contribution is -0.143. The van der Waals surface area contributed by atoms with E-state index in [0.717, 1.165) is 16.4 Å². The molecule has 8 heteroatoms. The fourth-order valence-corrected chi connectivity index (χ4v) is 2.64. The van der Waals surface area contributed by atoms with E-state index in [1.165, 1.54) is 24.1 Å². The van der Waals surface area contributed by atoms with Crippen LogP contribution in [0.5, 0.6) is 0 Å². The van der Waals surface area contributed by atoms with E-state index >= 15 is 0 Å². The summed E-state index contributed by atoms with van der Waals surface area (Å²) in [5, 5.41) is 3.83. The second kappa shape index (κ2) is 8.12. The fraction of sp³-hybridized carbons (Fsp3) is 0.474. The number of hydrogen-bond donors (Lipinski definition) is 1. The zero-order valence-electron chi connectivity index (χ0n) is 15.9. The third-order valence-corrected chi connectivity index (χ3v) is 4.55. The second-order valence-corrected chi connectivity index (χ2v) is 7.08. The maximum Gasteiger partial charge on any atom is 0.434 e. The van der Waals surface area contributed by atoms with Crippen molar-refractivity contribution in [3.63, 3.8) is 0 Å². The number of aryl methyl sites for hydroxylation is 1. The molecule has 0 saturated heterocycles. The van der Waals surface area contributed by atoms with E-state index in [4.69, 9.17) is 5.73 Å². The largest absolute Gasteiger partial charge is 0.434 e. The van der Waals surface area contributed by atoms with Crippen molar-refractivity contribution in [1.29, 1.82) is 0 Å².